The molecule has 0 atom stereocenters. The fraction of sp³-hybridized carbons (Fsp3) is 0.0667. The first-order chi connectivity index (χ1) is 11.0. The van der Waals surface area contributed by atoms with Gasteiger partial charge < -0.3 is 4.74 Å². The molecule has 0 aliphatic carbocycles. The minimum atomic E-state index is -0.928. The zero-order chi connectivity index (χ0) is 16.8. The summed E-state index contributed by atoms with van der Waals surface area (Å²) in [5.74, 6) is -3.22. The summed E-state index contributed by atoms with van der Waals surface area (Å²) in [6.07, 6.45) is 0. The normalized spacial score (nSPS) is 10.0. The van der Waals surface area contributed by atoms with Crippen molar-refractivity contribution in [1.82, 2.24) is 10.9 Å². The molecule has 0 unspecified atom stereocenters. The number of rotatable bonds is 4. The van der Waals surface area contributed by atoms with Crippen LogP contribution in [-0.2, 0) is 4.79 Å². The lowest BCUT2D eigenvalue weighted by atomic mass is 10.2. The molecular weight excluding hydrogens is 330 g/mol. The van der Waals surface area contributed by atoms with Crippen LogP contribution in [0.2, 0.25) is 5.02 Å². The highest BCUT2D eigenvalue weighted by molar-refractivity contribution is 6.30. The van der Waals surface area contributed by atoms with E-state index in [1.807, 2.05) is 0 Å². The quantitative estimate of drug-likeness (QED) is 0.840. The van der Waals surface area contributed by atoms with Gasteiger partial charge >= 0.3 is 0 Å². The van der Waals surface area contributed by atoms with E-state index in [4.69, 9.17) is 16.3 Å². The van der Waals surface area contributed by atoms with E-state index >= 15 is 0 Å². The van der Waals surface area contributed by atoms with Gasteiger partial charge in [0.05, 0.1) is 0 Å². The number of amides is 2. The fourth-order valence-corrected chi connectivity index (χ4v) is 1.70. The SMILES string of the molecule is O=C(COc1ccc(F)cc1F)NNC(=O)c1ccc(Cl)cc1. The van der Waals surface area contributed by atoms with Crippen LogP contribution in [0.1, 0.15) is 10.4 Å². The van der Waals surface area contributed by atoms with Gasteiger partial charge in [0.2, 0.25) is 0 Å². The summed E-state index contributed by atoms with van der Waals surface area (Å²) in [5, 5.41) is 0.473. The van der Waals surface area contributed by atoms with Crippen LogP contribution in [0.25, 0.3) is 0 Å². The number of nitrogens with one attached hydrogen (secondary N) is 2. The maximum atomic E-state index is 13.3. The van der Waals surface area contributed by atoms with Crippen LogP contribution in [0.5, 0.6) is 5.75 Å². The molecule has 2 amide bonds. The molecule has 2 aromatic rings. The number of hydrogen-bond donors (Lipinski definition) is 2. The summed E-state index contributed by atoms with van der Waals surface area (Å²) in [7, 11) is 0. The van der Waals surface area contributed by atoms with Crippen LogP contribution in [0.15, 0.2) is 42.5 Å². The van der Waals surface area contributed by atoms with Crippen LogP contribution in [0.3, 0.4) is 0 Å². The molecule has 0 radical (unpaired) electrons. The zero-order valence-corrected chi connectivity index (χ0v) is 12.4. The van der Waals surface area contributed by atoms with E-state index in [1.54, 1.807) is 0 Å². The van der Waals surface area contributed by atoms with Crippen molar-refractivity contribution in [3.05, 3.63) is 64.7 Å². The molecule has 8 heteroatoms. The van der Waals surface area contributed by atoms with Gasteiger partial charge in [-0.1, -0.05) is 11.6 Å². The lowest BCUT2D eigenvalue weighted by Gasteiger charge is -2.09. The number of carbonyl (C=O) groups excluding carboxylic acids is 2. The van der Waals surface area contributed by atoms with Crippen molar-refractivity contribution in [1.29, 1.82) is 0 Å². The van der Waals surface area contributed by atoms with Crippen molar-refractivity contribution >= 4 is 23.4 Å². The highest BCUT2D eigenvalue weighted by Crippen LogP contribution is 2.17. The van der Waals surface area contributed by atoms with Gasteiger partial charge in [-0.05, 0) is 36.4 Å². The molecule has 0 bridgehead atoms. The van der Waals surface area contributed by atoms with Crippen LogP contribution in [-0.4, -0.2) is 18.4 Å². The minimum Gasteiger partial charge on any atom is -0.481 e. The minimum absolute atomic E-state index is 0.273. The monoisotopic (exact) mass is 340 g/mol. The standard InChI is InChI=1S/C15H11ClF2N2O3/c16-10-3-1-9(2-4-10)15(22)20-19-14(21)8-23-13-6-5-11(17)7-12(13)18/h1-7H,8H2,(H,19,21)(H,20,22). The Balaban J connectivity index is 1.81. The highest BCUT2D eigenvalue weighted by Gasteiger charge is 2.10. The lowest BCUT2D eigenvalue weighted by Crippen LogP contribution is -2.43. The van der Waals surface area contributed by atoms with Crippen LogP contribution in [0.4, 0.5) is 8.78 Å². The smallest absolute Gasteiger partial charge is 0.276 e. The molecule has 0 aliphatic heterocycles. The van der Waals surface area contributed by atoms with Crippen molar-refractivity contribution in [3.63, 3.8) is 0 Å². The van der Waals surface area contributed by atoms with Gasteiger partial charge in [0, 0.05) is 16.7 Å². The Morgan fingerprint density at radius 1 is 1.04 bits per heavy atom. The zero-order valence-electron chi connectivity index (χ0n) is 11.6. The fourth-order valence-electron chi connectivity index (χ4n) is 1.57. The molecule has 0 fully saturated rings. The van der Waals surface area contributed by atoms with Crippen molar-refractivity contribution in [2.45, 2.75) is 0 Å². The number of carbonyl (C=O) groups is 2. The summed E-state index contributed by atoms with van der Waals surface area (Å²) in [6, 6.07) is 8.71. The number of hydrazine groups is 1. The first-order valence-corrected chi connectivity index (χ1v) is 6.76. The largest absolute Gasteiger partial charge is 0.481 e. The lowest BCUT2D eigenvalue weighted by molar-refractivity contribution is -0.123. The Labute approximate surface area is 135 Å². The van der Waals surface area contributed by atoms with E-state index in [1.165, 1.54) is 24.3 Å². The first-order valence-electron chi connectivity index (χ1n) is 6.38. The number of halogens is 3. The molecule has 0 saturated heterocycles. The summed E-state index contributed by atoms with van der Waals surface area (Å²) < 4.78 is 30.9. The number of benzene rings is 2. The predicted octanol–water partition coefficient (Wildman–Crippen LogP) is 2.46. The number of hydrogen-bond acceptors (Lipinski definition) is 3. The van der Waals surface area contributed by atoms with Crippen molar-refractivity contribution in [2.75, 3.05) is 6.61 Å². The average molecular weight is 341 g/mol. The average Bonchev–Trinajstić information content (AvgIpc) is 2.52. The van der Waals surface area contributed by atoms with E-state index in [9.17, 15) is 18.4 Å². The molecule has 0 heterocycles. The van der Waals surface area contributed by atoms with Crippen molar-refractivity contribution in [2.24, 2.45) is 0 Å². The second-order valence-electron chi connectivity index (χ2n) is 4.37. The van der Waals surface area contributed by atoms with Gasteiger partial charge in [-0.25, -0.2) is 8.78 Å². The number of ether oxygens (including phenoxy) is 1. The van der Waals surface area contributed by atoms with E-state index in [2.05, 4.69) is 10.9 Å². The van der Waals surface area contributed by atoms with Crippen molar-refractivity contribution < 1.29 is 23.1 Å². The summed E-state index contributed by atoms with van der Waals surface area (Å²) in [6.45, 7) is -0.552. The summed E-state index contributed by atoms with van der Waals surface area (Å²) >= 11 is 5.69. The van der Waals surface area contributed by atoms with Gasteiger partial charge in [-0.2, -0.15) is 0 Å². The Kier molecular flexibility index (Phi) is 5.48. The molecule has 2 aromatic carbocycles. The van der Waals surface area contributed by atoms with Crippen LogP contribution >= 0.6 is 11.6 Å². The third-order valence-corrected chi connectivity index (χ3v) is 2.93. The molecule has 2 N–H and O–H groups in total. The molecule has 5 nitrogen and oxygen atoms in total. The third-order valence-electron chi connectivity index (χ3n) is 2.67. The molecule has 0 spiro atoms. The maximum absolute atomic E-state index is 13.3. The third kappa shape index (κ3) is 4.93. The van der Waals surface area contributed by atoms with E-state index in [-0.39, 0.29) is 5.75 Å². The first kappa shape index (κ1) is 16.7. The molecule has 0 aromatic heterocycles. The molecular formula is C15H11ClF2N2O3. The molecule has 120 valence electrons. The second-order valence-corrected chi connectivity index (χ2v) is 4.81. The Hall–Kier alpha value is -2.67. The van der Waals surface area contributed by atoms with Crippen molar-refractivity contribution in [3.8, 4) is 5.75 Å². The van der Waals surface area contributed by atoms with Crippen LogP contribution < -0.4 is 15.6 Å². The van der Waals surface area contributed by atoms with Gasteiger partial charge in [0.1, 0.15) is 5.82 Å². The Morgan fingerprint density at radius 2 is 1.74 bits per heavy atom. The Morgan fingerprint density at radius 3 is 2.39 bits per heavy atom. The summed E-state index contributed by atoms with van der Waals surface area (Å²) in [4.78, 5) is 23.2. The maximum Gasteiger partial charge on any atom is 0.276 e. The second kappa shape index (κ2) is 7.55. The highest BCUT2D eigenvalue weighted by atomic mass is 35.5. The topological polar surface area (TPSA) is 67.4 Å². The van der Waals surface area contributed by atoms with Gasteiger partial charge in [0.25, 0.3) is 11.8 Å². The van der Waals surface area contributed by atoms with E-state index < -0.39 is 30.1 Å². The molecule has 0 aliphatic rings. The molecule has 23 heavy (non-hydrogen) atoms. The van der Waals surface area contributed by atoms with Gasteiger partial charge in [0.15, 0.2) is 18.2 Å². The summed E-state index contributed by atoms with van der Waals surface area (Å²) in [5.41, 5.74) is 4.56. The van der Waals surface area contributed by atoms with Gasteiger partial charge in [-0.3, -0.25) is 20.4 Å². The van der Waals surface area contributed by atoms with E-state index in [0.29, 0.717) is 16.7 Å². The Bertz CT molecular complexity index is 723. The molecule has 2 rings (SSSR count). The molecule has 0 saturated carbocycles. The predicted molar refractivity (Wildman–Crippen MR) is 78.9 cm³/mol. The van der Waals surface area contributed by atoms with E-state index in [0.717, 1.165) is 12.1 Å². The van der Waals surface area contributed by atoms with Gasteiger partial charge in [-0.15, -0.1) is 0 Å². The van der Waals surface area contributed by atoms with Crippen LogP contribution in [0, 0.1) is 11.6 Å².